The summed E-state index contributed by atoms with van der Waals surface area (Å²) in [7, 11) is 0. The molecule has 0 aromatic heterocycles. The van der Waals surface area contributed by atoms with Crippen LogP contribution in [0.2, 0.25) is 0 Å². The lowest BCUT2D eigenvalue weighted by atomic mass is 9.80. The summed E-state index contributed by atoms with van der Waals surface area (Å²) in [5.41, 5.74) is 0.285. The fourth-order valence-electron chi connectivity index (χ4n) is 2.51. The van der Waals surface area contributed by atoms with Crippen LogP contribution in [-0.2, 0) is 0 Å². The number of halogens is 1. The highest BCUT2D eigenvalue weighted by molar-refractivity contribution is 14.1. The van der Waals surface area contributed by atoms with Crippen LogP contribution in [0, 0.1) is 15.4 Å². The minimum Gasteiger partial charge on any atom is -0.489 e. The lowest BCUT2D eigenvalue weighted by molar-refractivity contribution is 0.0694. The summed E-state index contributed by atoms with van der Waals surface area (Å²) in [5.74, 6) is 1.21. The van der Waals surface area contributed by atoms with Crippen LogP contribution < -0.4 is 4.74 Å². The van der Waals surface area contributed by atoms with E-state index in [0.717, 1.165) is 22.3 Å². The minimum absolute atomic E-state index is 0.212. The average Bonchev–Trinajstić information content (AvgIpc) is 2.36. The summed E-state index contributed by atoms with van der Waals surface area (Å²) >= 11 is 2.19. The molecule has 1 N–H and O–H groups in total. The molecule has 1 aliphatic rings. The molecule has 4 heteroatoms. The molecule has 3 atom stereocenters. The van der Waals surface area contributed by atoms with Gasteiger partial charge in [-0.15, -0.1) is 0 Å². The van der Waals surface area contributed by atoms with Crippen LogP contribution in [0.15, 0.2) is 18.2 Å². The Bertz CT molecular complexity index is 472. The van der Waals surface area contributed by atoms with E-state index in [9.17, 15) is 4.79 Å². The molecule has 3 nitrogen and oxygen atoms in total. The maximum atomic E-state index is 11.0. The fraction of sp³-hybridized carbons (Fsp3) is 0.533. The lowest BCUT2D eigenvalue weighted by Gasteiger charge is -2.32. The normalized spacial score (nSPS) is 27.0. The van der Waals surface area contributed by atoms with E-state index in [1.807, 2.05) is 0 Å². The molecular formula is C15H19IO3. The summed E-state index contributed by atoms with van der Waals surface area (Å²) in [6, 6.07) is 5.05. The Hall–Kier alpha value is -0.780. The first-order valence-corrected chi connectivity index (χ1v) is 7.74. The molecule has 0 bridgehead atoms. The van der Waals surface area contributed by atoms with E-state index >= 15 is 0 Å². The molecule has 0 heterocycles. The largest absolute Gasteiger partial charge is 0.489 e. The van der Waals surface area contributed by atoms with Crippen molar-refractivity contribution in [2.45, 2.75) is 39.2 Å². The van der Waals surface area contributed by atoms with Gasteiger partial charge in [-0.05, 0) is 71.9 Å². The molecule has 0 saturated heterocycles. The van der Waals surface area contributed by atoms with Crippen LogP contribution >= 0.6 is 22.6 Å². The molecular weight excluding hydrogens is 355 g/mol. The van der Waals surface area contributed by atoms with Crippen molar-refractivity contribution in [3.63, 3.8) is 0 Å². The van der Waals surface area contributed by atoms with E-state index in [1.54, 1.807) is 18.2 Å². The van der Waals surface area contributed by atoms with Gasteiger partial charge in [-0.2, -0.15) is 0 Å². The molecule has 1 saturated carbocycles. The van der Waals surface area contributed by atoms with Crippen molar-refractivity contribution in [2.24, 2.45) is 11.8 Å². The van der Waals surface area contributed by atoms with Gasteiger partial charge in [0.15, 0.2) is 0 Å². The molecule has 1 aromatic carbocycles. The summed E-state index contributed by atoms with van der Waals surface area (Å²) in [4.78, 5) is 11.0. The van der Waals surface area contributed by atoms with E-state index in [2.05, 4.69) is 36.4 Å². The SMILES string of the molecule is CC1CCC(Oc2cc(C(=O)O)ccc2I)CC1C. The van der Waals surface area contributed by atoms with Gasteiger partial charge in [-0.3, -0.25) is 0 Å². The topological polar surface area (TPSA) is 46.5 Å². The van der Waals surface area contributed by atoms with Gasteiger partial charge in [-0.25, -0.2) is 4.79 Å². The number of hydrogen-bond donors (Lipinski definition) is 1. The number of ether oxygens (including phenoxy) is 1. The van der Waals surface area contributed by atoms with Crippen LogP contribution in [-0.4, -0.2) is 17.2 Å². The van der Waals surface area contributed by atoms with Crippen molar-refractivity contribution in [3.05, 3.63) is 27.3 Å². The zero-order chi connectivity index (χ0) is 14.0. The molecule has 1 aliphatic carbocycles. The predicted molar refractivity (Wildman–Crippen MR) is 82.7 cm³/mol. The number of rotatable bonds is 3. The van der Waals surface area contributed by atoms with Gasteiger partial charge in [-0.1, -0.05) is 13.8 Å². The van der Waals surface area contributed by atoms with Gasteiger partial charge < -0.3 is 9.84 Å². The molecule has 104 valence electrons. The lowest BCUT2D eigenvalue weighted by Crippen LogP contribution is -2.29. The second kappa shape index (κ2) is 6.11. The van der Waals surface area contributed by atoms with Gasteiger partial charge in [0.25, 0.3) is 0 Å². The van der Waals surface area contributed by atoms with Crippen LogP contribution in [0.3, 0.4) is 0 Å². The second-order valence-corrected chi connectivity index (χ2v) is 6.62. The summed E-state index contributed by atoms with van der Waals surface area (Å²) in [6.45, 7) is 4.55. The molecule has 0 radical (unpaired) electrons. The Morgan fingerprint density at radius 2 is 2.05 bits per heavy atom. The predicted octanol–water partition coefficient (Wildman–Crippen LogP) is 4.19. The standard InChI is InChI=1S/C15H19IO3/c1-9-3-5-12(7-10(9)2)19-14-8-11(15(17)18)4-6-13(14)16/h4,6,8-10,12H,3,5,7H2,1-2H3,(H,17,18). The Kier molecular flexibility index (Phi) is 4.71. The van der Waals surface area contributed by atoms with Gasteiger partial charge in [0.2, 0.25) is 0 Å². The molecule has 0 spiro atoms. The van der Waals surface area contributed by atoms with Crippen LogP contribution in [0.5, 0.6) is 5.75 Å². The Morgan fingerprint density at radius 1 is 1.32 bits per heavy atom. The molecule has 1 aromatic rings. The highest BCUT2D eigenvalue weighted by Gasteiger charge is 2.26. The maximum absolute atomic E-state index is 11.0. The van der Waals surface area contributed by atoms with Crippen LogP contribution in [0.4, 0.5) is 0 Å². The molecule has 2 rings (SSSR count). The van der Waals surface area contributed by atoms with Gasteiger partial charge >= 0.3 is 5.97 Å². The van der Waals surface area contributed by atoms with Crippen LogP contribution in [0.1, 0.15) is 43.5 Å². The van der Waals surface area contributed by atoms with Crippen molar-refractivity contribution in [2.75, 3.05) is 0 Å². The third-order valence-corrected chi connectivity index (χ3v) is 4.91. The number of carbonyl (C=O) groups is 1. The van der Waals surface area contributed by atoms with Crippen LogP contribution in [0.25, 0.3) is 0 Å². The van der Waals surface area contributed by atoms with Crippen molar-refractivity contribution >= 4 is 28.6 Å². The second-order valence-electron chi connectivity index (χ2n) is 5.46. The molecule has 0 amide bonds. The monoisotopic (exact) mass is 374 g/mol. The van der Waals surface area contributed by atoms with E-state index in [0.29, 0.717) is 11.7 Å². The van der Waals surface area contributed by atoms with Gasteiger partial charge in [0.05, 0.1) is 15.2 Å². The third kappa shape index (κ3) is 3.61. The number of aromatic carboxylic acids is 1. The number of carboxylic acid groups (broad SMARTS) is 1. The Labute approximate surface area is 127 Å². The first kappa shape index (κ1) is 14.6. The van der Waals surface area contributed by atoms with Crippen molar-refractivity contribution in [1.29, 1.82) is 0 Å². The van der Waals surface area contributed by atoms with Gasteiger partial charge in [0, 0.05) is 0 Å². The average molecular weight is 374 g/mol. The fourth-order valence-corrected chi connectivity index (χ4v) is 2.97. The molecule has 3 unspecified atom stereocenters. The number of carboxylic acids is 1. The molecule has 1 fully saturated rings. The van der Waals surface area contributed by atoms with Gasteiger partial charge in [0.1, 0.15) is 5.75 Å². The summed E-state index contributed by atoms with van der Waals surface area (Å²) in [5, 5.41) is 9.02. The summed E-state index contributed by atoms with van der Waals surface area (Å²) in [6.07, 6.45) is 3.50. The molecule has 19 heavy (non-hydrogen) atoms. The number of hydrogen-bond acceptors (Lipinski definition) is 2. The first-order valence-electron chi connectivity index (χ1n) is 6.67. The van der Waals surface area contributed by atoms with Crippen molar-refractivity contribution < 1.29 is 14.6 Å². The Morgan fingerprint density at radius 3 is 2.68 bits per heavy atom. The highest BCUT2D eigenvalue weighted by atomic mass is 127. The first-order chi connectivity index (χ1) is 8.97. The minimum atomic E-state index is -0.910. The quantitative estimate of drug-likeness (QED) is 0.807. The molecule has 0 aliphatic heterocycles. The smallest absolute Gasteiger partial charge is 0.335 e. The zero-order valence-electron chi connectivity index (χ0n) is 11.2. The third-order valence-electron chi connectivity index (χ3n) is 4.02. The summed E-state index contributed by atoms with van der Waals surface area (Å²) < 4.78 is 6.99. The number of benzene rings is 1. The Balaban J connectivity index is 2.10. The van der Waals surface area contributed by atoms with E-state index in [4.69, 9.17) is 9.84 Å². The van der Waals surface area contributed by atoms with E-state index in [1.165, 1.54) is 6.42 Å². The van der Waals surface area contributed by atoms with E-state index < -0.39 is 5.97 Å². The van der Waals surface area contributed by atoms with E-state index in [-0.39, 0.29) is 11.7 Å². The highest BCUT2D eigenvalue weighted by Crippen LogP contribution is 2.33. The van der Waals surface area contributed by atoms with Crippen molar-refractivity contribution in [3.8, 4) is 5.75 Å². The van der Waals surface area contributed by atoms with Crippen molar-refractivity contribution in [1.82, 2.24) is 0 Å². The zero-order valence-corrected chi connectivity index (χ0v) is 13.4. The maximum Gasteiger partial charge on any atom is 0.335 e.